The number of hydrogen-bond acceptors (Lipinski definition) is 2. The SMILES string of the molecule is CCCCCCOc1ccc(C=N)cc1. The molecule has 1 aromatic rings. The number of rotatable bonds is 7. The summed E-state index contributed by atoms with van der Waals surface area (Å²) in [6, 6.07) is 7.63. The predicted molar refractivity (Wildman–Crippen MR) is 64.0 cm³/mol. The van der Waals surface area contributed by atoms with Crippen molar-refractivity contribution >= 4 is 6.21 Å². The predicted octanol–water partition coefficient (Wildman–Crippen LogP) is 3.64. The van der Waals surface area contributed by atoms with Crippen molar-refractivity contribution in [1.29, 1.82) is 5.41 Å². The van der Waals surface area contributed by atoms with Gasteiger partial charge >= 0.3 is 0 Å². The fourth-order valence-electron chi connectivity index (χ4n) is 1.38. The monoisotopic (exact) mass is 205 g/mol. The van der Waals surface area contributed by atoms with Crippen molar-refractivity contribution in [1.82, 2.24) is 0 Å². The van der Waals surface area contributed by atoms with Crippen LogP contribution in [-0.2, 0) is 0 Å². The molecule has 0 aliphatic rings. The lowest BCUT2D eigenvalue weighted by atomic mass is 10.2. The Kier molecular flexibility index (Phi) is 5.52. The Hall–Kier alpha value is -1.31. The molecule has 0 saturated heterocycles. The van der Waals surface area contributed by atoms with Gasteiger partial charge in [-0.05, 0) is 36.2 Å². The summed E-state index contributed by atoms with van der Waals surface area (Å²) >= 11 is 0. The first-order valence-corrected chi connectivity index (χ1v) is 5.60. The summed E-state index contributed by atoms with van der Waals surface area (Å²) in [5, 5.41) is 7.06. The Labute approximate surface area is 91.8 Å². The molecule has 0 aromatic heterocycles. The molecule has 0 fully saturated rings. The maximum atomic E-state index is 7.06. The number of unbranched alkanes of at least 4 members (excludes halogenated alkanes) is 3. The summed E-state index contributed by atoms with van der Waals surface area (Å²) in [6.07, 6.45) is 6.25. The zero-order chi connectivity index (χ0) is 10.9. The maximum absolute atomic E-state index is 7.06. The number of benzene rings is 1. The van der Waals surface area contributed by atoms with Crippen molar-refractivity contribution < 1.29 is 4.74 Å². The molecule has 0 radical (unpaired) electrons. The molecule has 1 N–H and O–H groups in total. The van der Waals surface area contributed by atoms with Crippen LogP contribution >= 0.6 is 0 Å². The summed E-state index contributed by atoms with van der Waals surface area (Å²) in [6.45, 7) is 3.00. The molecular weight excluding hydrogens is 186 g/mol. The highest BCUT2D eigenvalue weighted by Crippen LogP contribution is 2.11. The molecule has 0 unspecified atom stereocenters. The fraction of sp³-hybridized carbons (Fsp3) is 0.462. The molecule has 1 aromatic carbocycles. The minimum absolute atomic E-state index is 0.796. The number of nitrogens with one attached hydrogen (secondary N) is 1. The van der Waals surface area contributed by atoms with E-state index in [2.05, 4.69) is 6.92 Å². The van der Waals surface area contributed by atoms with Crippen LogP contribution < -0.4 is 4.74 Å². The number of hydrogen-bond donors (Lipinski definition) is 1. The molecule has 0 spiro atoms. The van der Waals surface area contributed by atoms with E-state index in [0.29, 0.717) is 0 Å². The molecular formula is C13H19NO. The van der Waals surface area contributed by atoms with Crippen LogP contribution in [0.15, 0.2) is 24.3 Å². The summed E-state index contributed by atoms with van der Waals surface area (Å²) in [5.74, 6) is 0.900. The molecule has 0 atom stereocenters. The van der Waals surface area contributed by atoms with Gasteiger partial charge in [0.25, 0.3) is 0 Å². The van der Waals surface area contributed by atoms with Crippen molar-refractivity contribution in [3.8, 4) is 5.75 Å². The van der Waals surface area contributed by atoms with E-state index in [1.54, 1.807) is 0 Å². The lowest BCUT2D eigenvalue weighted by molar-refractivity contribution is 0.305. The van der Waals surface area contributed by atoms with Crippen LogP contribution in [0.5, 0.6) is 5.75 Å². The van der Waals surface area contributed by atoms with Crippen molar-refractivity contribution in [2.24, 2.45) is 0 Å². The van der Waals surface area contributed by atoms with E-state index in [-0.39, 0.29) is 0 Å². The van der Waals surface area contributed by atoms with Gasteiger partial charge in [0.15, 0.2) is 0 Å². The first-order valence-electron chi connectivity index (χ1n) is 5.60. The zero-order valence-corrected chi connectivity index (χ0v) is 9.33. The van der Waals surface area contributed by atoms with Crippen molar-refractivity contribution in [2.45, 2.75) is 32.6 Å². The molecule has 2 heteroatoms. The molecule has 0 amide bonds. The third kappa shape index (κ3) is 4.63. The van der Waals surface area contributed by atoms with Crippen molar-refractivity contribution in [2.75, 3.05) is 6.61 Å². The van der Waals surface area contributed by atoms with Gasteiger partial charge in [-0.2, -0.15) is 0 Å². The molecule has 2 nitrogen and oxygen atoms in total. The van der Waals surface area contributed by atoms with Gasteiger partial charge < -0.3 is 10.1 Å². The van der Waals surface area contributed by atoms with Gasteiger partial charge in [0.2, 0.25) is 0 Å². The summed E-state index contributed by atoms with van der Waals surface area (Å²) < 4.78 is 5.58. The van der Waals surface area contributed by atoms with Gasteiger partial charge in [0, 0.05) is 6.21 Å². The quantitative estimate of drug-likeness (QED) is 0.535. The van der Waals surface area contributed by atoms with E-state index in [1.807, 2.05) is 24.3 Å². The second-order valence-electron chi connectivity index (χ2n) is 3.62. The Morgan fingerprint density at radius 2 is 1.87 bits per heavy atom. The van der Waals surface area contributed by atoms with E-state index in [4.69, 9.17) is 10.1 Å². The van der Waals surface area contributed by atoms with E-state index in [1.165, 1.54) is 25.5 Å². The summed E-state index contributed by atoms with van der Waals surface area (Å²) in [5.41, 5.74) is 0.910. The molecule has 0 heterocycles. The van der Waals surface area contributed by atoms with Gasteiger partial charge in [0.1, 0.15) is 5.75 Å². The Bertz CT molecular complexity index is 279. The largest absolute Gasteiger partial charge is 0.494 e. The standard InChI is InChI=1S/C13H19NO/c1-2-3-4-5-10-15-13-8-6-12(11-14)7-9-13/h6-9,11,14H,2-5,10H2,1H3. The molecule has 82 valence electrons. The average Bonchev–Trinajstić information content (AvgIpc) is 2.30. The van der Waals surface area contributed by atoms with Crippen LogP contribution in [0.1, 0.15) is 38.2 Å². The number of ether oxygens (including phenoxy) is 1. The lowest BCUT2D eigenvalue weighted by Gasteiger charge is -2.05. The van der Waals surface area contributed by atoms with Crippen molar-refractivity contribution in [3.05, 3.63) is 29.8 Å². The molecule has 0 aliphatic carbocycles. The maximum Gasteiger partial charge on any atom is 0.119 e. The molecule has 1 rings (SSSR count). The van der Waals surface area contributed by atoms with Crippen LogP contribution in [0, 0.1) is 5.41 Å². The lowest BCUT2D eigenvalue weighted by Crippen LogP contribution is -1.97. The Morgan fingerprint density at radius 3 is 2.47 bits per heavy atom. The Balaban J connectivity index is 2.22. The van der Waals surface area contributed by atoms with Crippen LogP contribution in [0.2, 0.25) is 0 Å². The van der Waals surface area contributed by atoms with Crippen LogP contribution in [0.4, 0.5) is 0 Å². The van der Waals surface area contributed by atoms with E-state index >= 15 is 0 Å². The topological polar surface area (TPSA) is 33.1 Å². The van der Waals surface area contributed by atoms with Crippen LogP contribution in [0.3, 0.4) is 0 Å². The highest BCUT2D eigenvalue weighted by atomic mass is 16.5. The molecule has 0 bridgehead atoms. The van der Waals surface area contributed by atoms with Gasteiger partial charge in [-0.15, -0.1) is 0 Å². The summed E-state index contributed by atoms with van der Waals surface area (Å²) in [7, 11) is 0. The van der Waals surface area contributed by atoms with E-state index in [9.17, 15) is 0 Å². The minimum Gasteiger partial charge on any atom is -0.494 e. The third-order valence-corrected chi connectivity index (χ3v) is 2.31. The zero-order valence-electron chi connectivity index (χ0n) is 9.33. The van der Waals surface area contributed by atoms with Crippen LogP contribution in [-0.4, -0.2) is 12.8 Å². The first-order chi connectivity index (χ1) is 7.36. The highest BCUT2D eigenvalue weighted by molar-refractivity contribution is 5.76. The van der Waals surface area contributed by atoms with Gasteiger partial charge in [0.05, 0.1) is 6.61 Å². The molecule has 0 aliphatic heterocycles. The summed E-state index contributed by atoms with van der Waals surface area (Å²) in [4.78, 5) is 0. The average molecular weight is 205 g/mol. The molecule has 15 heavy (non-hydrogen) atoms. The highest BCUT2D eigenvalue weighted by Gasteiger charge is 1.93. The second-order valence-corrected chi connectivity index (χ2v) is 3.62. The van der Waals surface area contributed by atoms with Crippen molar-refractivity contribution in [3.63, 3.8) is 0 Å². The van der Waals surface area contributed by atoms with Gasteiger partial charge in [-0.3, -0.25) is 0 Å². The van der Waals surface area contributed by atoms with E-state index < -0.39 is 0 Å². The second kappa shape index (κ2) is 7.04. The fourth-order valence-corrected chi connectivity index (χ4v) is 1.38. The minimum atomic E-state index is 0.796. The van der Waals surface area contributed by atoms with E-state index in [0.717, 1.165) is 24.3 Å². The first kappa shape index (κ1) is 11.8. The van der Waals surface area contributed by atoms with Gasteiger partial charge in [-0.25, -0.2) is 0 Å². The van der Waals surface area contributed by atoms with Gasteiger partial charge in [-0.1, -0.05) is 26.2 Å². The Morgan fingerprint density at radius 1 is 1.13 bits per heavy atom. The third-order valence-electron chi connectivity index (χ3n) is 2.31. The normalized spacial score (nSPS) is 9.93. The molecule has 0 saturated carbocycles. The van der Waals surface area contributed by atoms with Crippen LogP contribution in [0.25, 0.3) is 0 Å². The smallest absolute Gasteiger partial charge is 0.119 e.